The van der Waals surface area contributed by atoms with Crippen molar-refractivity contribution in [2.24, 2.45) is 5.92 Å². The molecule has 18 heavy (non-hydrogen) atoms. The normalized spacial score (nSPS) is 24.2. The van der Waals surface area contributed by atoms with E-state index < -0.39 is 11.6 Å². The third kappa shape index (κ3) is 3.77. The van der Waals surface area contributed by atoms with Crippen LogP contribution in [-0.2, 0) is 6.54 Å². The van der Waals surface area contributed by atoms with Crippen LogP contribution in [0.25, 0.3) is 0 Å². The van der Waals surface area contributed by atoms with Crippen LogP contribution in [0, 0.1) is 17.6 Å². The van der Waals surface area contributed by atoms with Crippen LogP contribution < -0.4 is 5.32 Å². The molecule has 1 saturated carbocycles. The monoisotopic (exact) mass is 253 g/mol. The molecule has 0 amide bonds. The lowest BCUT2D eigenvalue weighted by molar-refractivity contribution is 0.278. The van der Waals surface area contributed by atoms with E-state index in [9.17, 15) is 8.78 Å². The maximum atomic E-state index is 13.0. The van der Waals surface area contributed by atoms with Crippen LogP contribution >= 0.6 is 0 Å². The molecule has 1 N–H and O–H groups in total. The molecule has 3 heteroatoms. The molecule has 2 rings (SSSR count). The Morgan fingerprint density at radius 2 is 1.89 bits per heavy atom. The quantitative estimate of drug-likeness (QED) is 0.854. The minimum absolute atomic E-state index is 0.495. The summed E-state index contributed by atoms with van der Waals surface area (Å²) in [7, 11) is 0. The smallest absolute Gasteiger partial charge is 0.126 e. The molecule has 1 fully saturated rings. The molecule has 0 radical (unpaired) electrons. The summed E-state index contributed by atoms with van der Waals surface area (Å²) in [6.45, 7) is 2.78. The zero-order valence-electron chi connectivity index (χ0n) is 10.9. The summed E-state index contributed by atoms with van der Waals surface area (Å²) in [5, 5.41) is 3.42. The van der Waals surface area contributed by atoms with Crippen LogP contribution in [0.5, 0.6) is 0 Å². The molecule has 0 aromatic heterocycles. The van der Waals surface area contributed by atoms with Crippen molar-refractivity contribution in [3.8, 4) is 0 Å². The van der Waals surface area contributed by atoms with E-state index in [1.54, 1.807) is 0 Å². The predicted octanol–water partition coefficient (Wildman–Crippen LogP) is 4.02. The molecule has 1 aliphatic carbocycles. The number of nitrogens with one attached hydrogen (secondary N) is 1. The van der Waals surface area contributed by atoms with Crippen LogP contribution in [0.1, 0.15) is 44.6 Å². The average molecular weight is 253 g/mol. The highest BCUT2D eigenvalue weighted by Gasteiger charge is 2.20. The van der Waals surface area contributed by atoms with Crippen LogP contribution in [-0.4, -0.2) is 6.04 Å². The lowest BCUT2D eigenvalue weighted by Crippen LogP contribution is -2.33. The molecule has 1 aliphatic rings. The minimum Gasteiger partial charge on any atom is -0.310 e. The minimum atomic E-state index is -0.498. The van der Waals surface area contributed by atoms with Gasteiger partial charge in [0, 0.05) is 18.7 Å². The van der Waals surface area contributed by atoms with E-state index in [1.807, 2.05) is 0 Å². The Bertz CT molecular complexity index is 372. The maximum absolute atomic E-state index is 13.0. The largest absolute Gasteiger partial charge is 0.310 e. The summed E-state index contributed by atoms with van der Waals surface area (Å²) in [5.41, 5.74) is 0.686. The fraction of sp³-hybridized carbons (Fsp3) is 0.600. The van der Waals surface area contributed by atoms with E-state index >= 15 is 0 Å². The Hall–Kier alpha value is -0.960. The number of benzene rings is 1. The number of halogens is 2. The van der Waals surface area contributed by atoms with E-state index in [2.05, 4.69) is 12.2 Å². The van der Waals surface area contributed by atoms with E-state index in [0.717, 1.165) is 12.0 Å². The Balaban J connectivity index is 1.87. The van der Waals surface area contributed by atoms with Crippen molar-refractivity contribution >= 4 is 0 Å². The molecule has 1 nitrogen and oxygen atoms in total. The second-order valence-electron chi connectivity index (χ2n) is 5.30. The van der Waals surface area contributed by atoms with Gasteiger partial charge in [-0.05, 0) is 36.5 Å². The number of hydrogen-bond donors (Lipinski definition) is 1. The molecular formula is C15H21F2N. The van der Waals surface area contributed by atoms with Crippen molar-refractivity contribution in [1.82, 2.24) is 5.32 Å². The van der Waals surface area contributed by atoms with E-state index in [4.69, 9.17) is 0 Å². The predicted molar refractivity (Wildman–Crippen MR) is 69.2 cm³/mol. The number of rotatable bonds is 4. The summed E-state index contributed by atoms with van der Waals surface area (Å²) in [6, 6.07) is 4.21. The second kappa shape index (κ2) is 6.28. The highest BCUT2D eigenvalue weighted by atomic mass is 19.1. The Morgan fingerprint density at radius 3 is 2.56 bits per heavy atom. The molecule has 1 aromatic carbocycles. The van der Waals surface area contributed by atoms with Crippen molar-refractivity contribution < 1.29 is 8.78 Å². The first-order chi connectivity index (χ1) is 8.67. The van der Waals surface area contributed by atoms with Crippen molar-refractivity contribution in [1.29, 1.82) is 0 Å². The van der Waals surface area contributed by atoms with Crippen molar-refractivity contribution in [2.45, 2.75) is 51.6 Å². The summed E-state index contributed by atoms with van der Waals surface area (Å²) in [6.07, 6.45) is 6.17. The fourth-order valence-electron chi connectivity index (χ4n) is 2.82. The van der Waals surface area contributed by atoms with Crippen molar-refractivity contribution in [2.75, 3.05) is 0 Å². The van der Waals surface area contributed by atoms with E-state index in [-0.39, 0.29) is 0 Å². The van der Waals surface area contributed by atoms with Gasteiger partial charge < -0.3 is 5.32 Å². The Morgan fingerprint density at radius 1 is 1.17 bits per heavy atom. The average Bonchev–Trinajstić information content (AvgIpc) is 2.35. The van der Waals surface area contributed by atoms with E-state index in [0.29, 0.717) is 18.2 Å². The standard InChI is InChI=1S/C15H21F2N/c1-2-11-4-3-5-15(8-11)18-10-12-6-13(16)9-14(17)7-12/h6-7,9,11,15,18H,2-5,8,10H2,1H3. The maximum Gasteiger partial charge on any atom is 0.126 e. The molecule has 1 aromatic rings. The molecule has 0 spiro atoms. The van der Waals surface area contributed by atoms with Gasteiger partial charge in [0.25, 0.3) is 0 Å². The Labute approximate surface area is 108 Å². The van der Waals surface area contributed by atoms with Gasteiger partial charge in [0.15, 0.2) is 0 Å². The van der Waals surface area contributed by atoms with Crippen LogP contribution in [0.2, 0.25) is 0 Å². The third-order valence-electron chi connectivity index (χ3n) is 3.88. The van der Waals surface area contributed by atoms with Gasteiger partial charge in [-0.1, -0.05) is 26.2 Å². The molecular weight excluding hydrogens is 232 g/mol. The summed E-state index contributed by atoms with van der Waals surface area (Å²) in [4.78, 5) is 0. The van der Waals surface area contributed by atoms with E-state index in [1.165, 1.54) is 44.2 Å². The topological polar surface area (TPSA) is 12.0 Å². The lowest BCUT2D eigenvalue weighted by Gasteiger charge is -2.29. The molecule has 0 saturated heterocycles. The van der Waals surface area contributed by atoms with Gasteiger partial charge in [-0.3, -0.25) is 0 Å². The molecule has 100 valence electrons. The third-order valence-corrected chi connectivity index (χ3v) is 3.88. The van der Waals surface area contributed by atoms with Gasteiger partial charge in [-0.15, -0.1) is 0 Å². The fourth-order valence-corrected chi connectivity index (χ4v) is 2.82. The second-order valence-corrected chi connectivity index (χ2v) is 5.30. The molecule has 0 bridgehead atoms. The summed E-state index contributed by atoms with van der Waals surface area (Å²) < 4.78 is 26.1. The highest BCUT2D eigenvalue weighted by molar-refractivity contribution is 5.17. The zero-order valence-corrected chi connectivity index (χ0v) is 10.9. The van der Waals surface area contributed by atoms with Gasteiger partial charge >= 0.3 is 0 Å². The van der Waals surface area contributed by atoms with Crippen molar-refractivity contribution in [3.05, 3.63) is 35.4 Å². The van der Waals surface area contributed by atoms with Crippen molar-refractivity contribution in [3.63, 3.8) is 0 Å². The molecule has 0 aliphatic heterocycles. The van der Waals surface area contributed by atoms with Crippen LogP contribution in [0.15, 0.2) is 18.2 Å². The zero-order chi connectivity index (χ0) is 13.0. The summed E-state index contributed by atoms with van der Waals surface area (Å²) >= 11 is 0. The van der Waals surface area contributed by atoms with Crippen LogP contribution in [0.4, 0.5) is 8.78 Å². The first-order valence-electron chi connectivity index (χ1n) is 6.85. The lowest BCUT2D eigenvalue weighted by atomic mass is 9.84. The first kappa shape index (κ1) is 13.5. The van der Waals surface area contributed by atoms with Gasteiger partial charge in [-0.25, -0.2) is 8.78 Å². The number of hydrogen-bond acceptors (Lipinski definition) is 1. The van der Waals surface area contributed by atoms with Gasteiger partial charge in [0.2, 0.25) is 0 Å². The van der Waals surface area contributed by atoms with Gasteiger partial charge in [0.1, 0.15) is 11.6 Å². The van der Waals surface area contributed by atoms with Gasteiger partial charge in [-0.2, -0.15) is 0 Å². The molecule has 2 atom stereocenters. The highest BCUT2D eigenvalue weighted by Crippen LogP contribution is 2.26. The van der Waals surface area contributed by atoms with Crippen LogP contribution in [0.3, 0.4) is 0 Å². The Kier molecular flexibility index (Phi) is 4.70. The first-order valence-corrected chi connectivity index (χ1v) is 6.85. The van der Waals surface area contributed by atoms with Gasteiger partial charge in [0.05, 0.1) is 0 Å². The SMILES string of the molecule is CCC1CCCC(NCc2cc(F)cc(F)c2)C1. The summed E-state index contributed by atoms with van der Waals surface area (Å²) in [5.74, 6) is -0.191. The molecule has 0 heterocycles. The molecule has 2 unspecified atom stereocenters.